The number of nitrogens with one attached hydrogen (secondary N) is 1. The summed E-state index contributed by atoms with van der Waals surface area (Å²) in [6.07, 6.45) is 2.81. The molecule has 1 aromatic heterocycles. The van der Waals surface area contributed by atoms with Crippen LogP contribution in [0.25, 0.3) is 0 Å². The minimum Gasteiger partial charge on any atom is -0.321 e. The summed E-state index contributed by atoms with van der Waals surface area (Å²) in [7, 11) is 0. The summed E-state index contributed by atoms with van der Waals surface area (Å²) < 4.78 is 0. The summed E-state index contributed by atoms with van der Waals surface area (Å²) in [6, 6.07) is 8.94. The van der Waals surface area contributed by atoms with Crippen LogP contribution in [0.1, 0.15) is 21.5 Å². The molecule has 0 bridgehead atoms. The SMILES string of the molecule is Cc1cccc(NC(=O)c2ccnnc2)c1C#N. The van der Waals surface area contributed by atoms with Crippen LogP contribution < -0.4 is 5.32 Å². The second kappa shape index (κ2) is 5.06. The third kappa shape index (κ3) is 2.33. The molecule has 18 heavy (non-hydrogen) atoms. The normalized spacial score (nSPS) is 9.56. The van der Waals surface area contributed by atoms with E-state index in [4.69, 9.17) is 5.26 Å². The van der Waals surface area contributed by atoms with Crippen molar-refractivity contribution in [2.24, 2.45) is 0 Å². The van der Waals surface area contributed by atoms with Gasteiger partial charge in [0.25, 0.3) is 5.91 Å². The van der Waals surface area contributed by atoms with Crippen molar-refractivity contribution in [3.8, 4) is 6.07 Å². The van der Waals surface area contributed by atoms with E-state index in [-0.39, 0.29) is 5.91 Å². The van der Waals surface area contributed by atoms with Gasteiger partial charge >= 0.3 is 0 Å². The Morgan fingerprint density at radius 2 is 2.17 bits per heavy atom. The summed E-state index contributed by atoms with van der Waals surface area (Å²) in [5, 5.41) is 19.0. The minimum atomic E-state index is -0.313. The molecular weight excluding hydrogens is 228 g/mol. The van der Waals surface area contributed by atoms with Crippen LogP contribution in [0.3, 0.4) is 0 Å². The highest BCUT2D eigenvalue weighted by Gasteiger charge is 2.10. The first-order valence-electron chi connectivity index (χ1n) is 5.30. The average molecular weight is 238 g/mol. The highest BCUT2D eigenvalue weighted by molar-refractivity contribution is 6.04. The number of nitriles is 1. The third-order valence-corrected chi connectivity index (χ3v) is 2.48. The van der Waals surface area contributed by atoms with Crippen LogP contribution in [0, 0.1) is 18.3 Å². The molecule has 1 heterocycles. The molecule has 2 aromatic rings. The quantitative estimate of drug-likeness (QED) is 0.866. The van der Waals surface area contributed by atoms with Crippen molar-refractivity contribution in [2.75, 3.05) is 5.32 Å². The topological polar surface area (TPSA) is 78.7 Å². The Hall–Kier alpha value is -2.74. The van der Waals surface area contributed by atoms with Gasteiger partial charge in [0.15, 0.2) is 0 Å². The van der Waals surface area contributed by atoms with Crippen molar-refractivity contribution in [1.82, 2.24) is 10.2 Å². The van der Waals surface area contributed by atoms with Gasteiger partial charge in [0.1, 0.15) is 6.07 Å². The molecule has 0 radical (unpaired) electrons. The fourth-order valence-electron chi connectivity index (χ4n) is 1.54. The van der Waals surface area contributed by atoms with Crippen molar-refractivity contribution < 1.29 is 4.79 Å². The smallest absolute Gasteiger partial charge is 0.257 e. The van der Waals surface area contributed by atoms with E-state index in [1.165, 1.54) is 12.4 Å². The molecule has 1 N–H and O–H groups in total. The Kier molecular flexibility index (Phi) is 3.30. The van der Waals surface area contributed by atoms with Gasteiger partial charge in [0, 0.05) is 0 Å². The number of hydrogen-bond donors (Lipinski definition) is 1. The van der Waals surface area contributed by atoms with Crippen molar-refractivity contribution in [3.63, 3.8) is 0 Å². The maximum absolute atomic E-state index is 11.9. The van der Waals surface area contributed by atoms with E-state index in [0.29, 0.717) is 16.8 Å². The zero-order valence-corrected chi connectivity index (χ0v) is 9.71. The lowest BCUT2D eigenvalue weighted by molar-refractivity contribution is 0.102. The molecule has 1 aromatic carbocycles. The Morgan fingerprint density at radius 3 is 2.83 bits per heavy atom. The lowest BCUT2D eigenvalue weighted by Gasteiger charge is -2.08. The zero-order valence-electron chi connectivity index (χ0n) is 9.71. The van der Waals surface area contributed by atoms with Crippen LogP contribution >= 0.6 is 0 Å². The minimum absolute atomic E-state index is 0.313. The molecule has 0 saturated heterocycles. The Bertz CT molecular complexity index is 617. The Morgan fingerprint density at radius 1 is 1.33 bits per heavy atom. The highest BCUT2D eigenvalue weighted by atomic mass is 16.1. The lowest BCUT2D eigenvalue weighted by atomic mass is 10.1. The van der Waals surface area contributed by atoms with E-state index in [1.807, 2.05) is 13.0 Å². The number of carbonyl (C=O) groups excluding carboxylic acids is 1. The van der Waals surface area contributed by atoms with Gasteiger partial charge in [-0.15, -0.1) is 0 Å². The largest absolute Gasteiger partial charge is 0.321 e. The number of anilines is 1. The van der Waals surface area contributed by atoms with Crippen molar-refractivity contribution in [2.45, 2.75) is 6.92 Å². The summed E-state index contributed by atoms with van der Waals surface area (Å²) >= 11 is 0. The summed E-state index contributed by atoms with van der Waals surface area (Å²) in [4.78, 5) is 11.9. The predicted molar refractivity (Wildman–Crippen MR) is 65.9 cm³/mol. The van der Waals surface area contributed by atoms with Crippen LogP contribution in [0.4, 0.5) is 5.69 Å². The predicted octanol–water partition coefficient (Wildman–Crippen LogP) is 1.91. The third-order valence-electron chi connectivity index (χ3n) is 2.48. The highest BCUT2D eigenvalue weighted by Crippen LogP contribution is 2.18. The number of hydrogen-bond acceptors (Lipinski definition) is 4. The maximum atomic E-state index is 11.9. The molecular formula is C13H10N4O. The van der Waals surface area contributed by atoms with E-state index in [0.717, 1.165) is 5.56 Å². The summed E-state index contributed by atoms with van der Waals surface area (Å²) in [5.41, 5.74) is 2.19. The van der Waals surface area contributed by atoms with Crippen LogP contribution in [0.5, 0.6) is 0 Å². The molecule has 5 nitrogen and oxygen atoms in total. The maximum Gasteiger partial charge on any atom is 0.257 e. The van der Waals surface area contributed by atoms with Crippen molar-refractivity contribution in [1.29, 1.82) is 5.26 Å². The number of nitrogens with zero attached hydrogens (tertiary/aromatic N) is 3. The first kappa shape index (κ1) is 11.7. The van der Waals surface area contributed by atoms with Crippen LogP contribution in [-0.2, 0) is 0 Å². The van der Waals surface area contributed by atoms with Gasteiger partial charge in [-0.25, -0.2) is 0 Å². The second-order valence-corrected chi connectivity index (χ2v) is 3.69. The molecule has 0 atom stereocenters. The molecule has 5 heteroatoms. The number of aryl methyl sites for hydroxylation is 1. The van der Waals surface area contributed by atoms with Gasteiger partial charge in [-0.05, 0) is 24.6 Å². The standard InChI is InChI=1S/C13H10N4O/c1-9-3-2-4-12(11(9)7-14)17-13(18)10-5-6-15-16-8-10/h2-6,8H,1H3,(H,17,18). The van der Waals surface area contributed by atoms with E-state index < -0.39 is 0 Å². The number of amides is 1. The van der Waals surface area contributed by atoms with E-state index in [9.17, 15) is 4.79 Å². The summed E-state index contributed by atoms with van der Waals surface area (Å²) in [6.45, 7) is 1.82. The molecule has 0 spiro atoms. The van der Waals surface area contributed by atoms with E-state index in [2.05, 4.69) is 21.6 Å². The van der Waals surface area contributed by atoms with Gasteiger partial charge in [0.2, 0.25) is 0 Å². The Labute approximate surface area is 104 Å². The number of rotatable bonds is 2. The van der Waals surface area contributed by atoms with E-state index >= 15 is 0 Å². The Balaban J connectivity index is 2.29. The lowest BCUT2D eigenvalue weighted by Crippen LogP contribution is -2.13. The van der Waals surface area contributed by atoms with Crippen LogP contribution in [0.15, 0.2) is 36.7 Å². The van der Waals surface area contributed by atoms with Crippen LogP contribution in [-0.4, -0.2) is 16.1 Å². The molecule has 0 aliphatic heterocycles. The van der Waals surface area contributed by atoms with Crippen molar-refractivity contribution >= 4 is 11.6 Å². The summed E-state index contributed by atoms with van der Waals surface area (Å²) in [5.74, 6) is -0.313. The monoisotopic (exact) mass is 238 g/mol. The number of benzene rings is 1. The van der Waals surface area contributed by atoms with Gasteiger partial charge in [-0.2, -0.15) is 15.5 Å². The molecule has 0 aliphatic rings. The molecule has 0 aliphatic carbocycles. The molecule has 1 amide bonds. The fourth-order valence-corrected chi connectivity index (χ4v) is 1.54. The first-order chi connectivity index (χ1) is 8.72. The van der Waals surface area contributed by atoms with Crippen molar-refractivity contribution in [3.05, 3.63) is 53.3 Å². The average Bonchev–Trinajstić information content (AvgIpc) is 2.40. The van der Waals surface area contributed by atoms with Crippen LogP contribution in [0.2, 0.25) is 0 Å². The first-order valence-corrected chi connectivity index (χ1v) is 5.30. The number of carbonyl (C=O) groups is 1. The van der Waals surface area contributed by atoms with Gasteiger partial charge in [-0.3, -0.25) is 4.79 Å². The van der Waals surface area contributed by atoms with Gasteiger partial charge in [-0.1, -0.05) is 12.1 Å². The molecule has 2 rings (SSSR count). The van der Waals surface area contributed by atoms with E-state index in [1.54, 1.807) is 18.2 Å². The second-order valence-electron chi connectivity index (χ2n) is 3.69. The fraction of sp³-hybridized carbons (Fsp3) is 0.0769. The molecule has 0 fully saturated rings. The number of aromatic nitrogens is 2. The molecule has 88 valence electrons. The van der Waals surface area contributed by atoms with Gasteiger partial charge < -0.3 is 5.32 Å². The molecule has 0 unspecified atom stereocenters. The van der Waals surface area contributed by atoms with Gasteiger partial charge in [0.05, 0.1) is 29.2 Å². The molecule has 0 saturated carbocycles. The zero-order chi connectivity index (χ0) is 13.0.